The number of aromatic nitrogens is 2. The molecule has 3 nitrogen and oxygen atoms in total. The van der Waals surface area contributed by atoms with Gasteiger partial charge in [-0.1, -0.05) is 6.07 Å². The van der Waals surface area contributed by atoms with Gasteiger partial charge in [0.2, 0.25) is 0 Å². The lowest BCUT2D eigenvalue weighted by Gasteiger charge is -2.07. The van der Waals surface area contributed by atoms with Crippen molar-refractivity contribution in [3.8, 4) is 0 Å². The quantitative estimate of drug-likeness (QED) is 0.829. The molecular formula is C9H10BrN3. The second-order valence-electron chi connectivity index (χ2n) is 3.04. The summed E-state index contributed by atoms with van der Waals surface area (Å²) in [6, 6.07) is 4.02. The SMILES string of the molecule is CC(N)c1cccn2cnc(Br)c12. The zero-order valence-corrected chi connectivity index (χ0v) is 8.82. The van der Waals surface area contributed by atoms with Crippen molar-refractivity contribution in [2.45, 2.75) is 13.0 Å². The Labute approximate surface area is 84.7 Å². The van der Waals surface area contributed by atoms with Crippen LogP contribution in [0.4, 0.5) is 0 Å². The van der Waals surface area contributed by atoms with E-state index < -0.39 is 0 Å². The molecule has 0 saturated heterocycles. The van der Waals surface area contributed by atoms with E-state index in [0.29, 0.717) is 0 Å². The molecule has 4 heteroatoms. The van der Waals surface area contributed by atoms with Crippen molar-refractivity contribution in [3.63, 3.8) is 0 Å². The summed E-state index contributed by atoms with van der Waals surface area (Å²) in [5.74, 6) is 0. The Morgan fingerprint density at radius 2 is 2.38 bits per heavy atom. The van der Waals surface area contributed by atoms with Crippen LogP contribution < -0.4 is 5.73 Å². The Bertz CT molecular complexity index is 433. The fourth-order valence-corrected chi connectivity index (χ4v) is 1.93. The van der Waals surface area contributed by atoms with Crippen LogP contribution in [0, 0.1) is 0 Å². The van der Waals surface area contributed by atoms with Crippen LogP contribution in [0.2, 0.25) is 0 Å². The molecular weight excluding hydrogens is 230 g/mol. The Kier molecular flexibility index (Phi) is 2.09. The summed E-state index contributed by atoms with van der Waals surface area (Å²) >= 11 is 3.40. The molecule has 0 aliphatic carbocycles. The molecule has 0 spiro atoms. The van der Waals surface area contributed by atoms with Crippen LogP contribution >= 0.6 is 15.9 Å². The van der Waals surface area contributed by atoms with Crippen LogP contribution in [-0.4, -0.2) is 9.38 Å². The zero-order valence-electron chi connectivity index (χ0n) is 7.24. The van der Waals surface area contributed by atoms with Gasteiger partial charge in [0, 0.05) is 12.2 Å². The molecule has 2 aromatic heterocycles. The van der Waals surface area contributed by atoms with Gasteiger partial charge in [0.25, 0.3) is 0 Å². The summed E-state index contributed by atoms with van der Waals surface area (Å²) in [5, 5.41) is 0. The van der Waals surface area contributed by atoms with Crippen LogP contribution in [0.3, 0.4) is 0 Å². The van der Waals surface area contributed by atoms with Crippen LogP contribution in [0.1, 0.15) is 18.5 Å². The largest absolute Gasteiger partial charge is 0.324 e. The van der Waals surface area contributed by atoms with Crippen LogP contribution in [0.25, 0.3) is 5.52 Å². The predicted molar refractivity (Wildman–Crippen MR) is 55.5 cm³/mol. The fraction of sp³-hybridized carbons (Fsp3) is 0.222. The van der Waals surface area contributed by atoms with Gasteiger partial charge >= 0.3 is 0 Å². The standard InChI is InChI=1S/C9H10BrN3/c1-6(11)7-3-2-4-13-5-12-9(10)8(7)13/h2-6H,11H2,1H3. The molecule has 2 rings (SSSR count). The fourth-order valence-electron chi connectivity index (χ4n) is 1.41. The molecule has 0 saturated carbocycles. The maximum atomic E-state index is 5.85. The van der Waals surface area contributed by atoms with Crippen molar-refractivity contribution in [2.75, 3.05) is 0 Å². The van der Waals surface area contributed by atoms with E-state index in [2.05, 4.69) is 20.9 Å². The van der Waals surface area contributed by atoms with Gasteiger partial charge in [0.05, 0.1) is 5.52 Å². The normalized spacial score (nSPS) is 13.5. The first kappa shape index (κ1) is 8.72. The second kappa shape index (κ2) is 3.12. The molecule has 13 heavy (non-hydrogen) atoms. The van der Waals surface area contributed by atoms with E-state index in [1.54, 1.807) is 6.33 Å². The molecule has 2 heterocycles. The molecule has 1 unspecified atom stereocenters. The number of imidazole rings is 1. The third kappa shape index (κ3) is 1.36. The average Bonchev–Trinajstić information content (AvgIpc) is 2.48. The molecule has 0 aliphatic rings. The van der Waals surface area contributed by atoms with Crippen molar-refractivity contribution in [3.05, 3.63) is 34.8 Å². The first-order valence-electron chi connectivity index (χ1n) is 4.07. The van der Waals surface area contributed by atoms with E-state index in [0.717, 1.165) is 15.7 Å². The summed E-state index contributed by atoms with van der Waals surface area (Å²) in [4.78, 5) is 4.16. The summed E-state index contributed by atoms with van der Waals surface area (Å²) in [6.45, 7) is 1.97. The van der Waals surface area contributed by atoms with E-state index in [1.165, 1.54) is 0 Å². The highest BCUT2D eigenvalue weighted by Gasteiger charge is 2.09. The number of fused-ring (bicyclic) bond motifs is 1. The number of halogens is 1. The lowest BCUT2D eigenvalue weighted by atomic mass is 10.1. The maximum absolute atomic E-state index is 5.85. The molecule has 0 aromatic carbocycles. The summed E-state index contributed by atoms with van der Waals surface area (Å²) in [5.41, 5.74) is 8.00. The average molecular weight is 240 g/mol. The van der Waals surface area contributed by atoms with Gasteiger partial charge in [-0.15, -0.1) is 0 Å². The molecule has 2 N–H and O–H groups in total. The van der Waals surface area contributed by atoms with E-state index in [9.17, 15) is 0 Å². The smallest absolute Gasteiger partial charge is 0.132 e. The number of nitrogens with zero attached hydrogens (tertiary/aromatic N) is 2. The molecule has 1 atom stereocenters. The third-order valence-corrected chi connectivity index (χ3v) is 2.62. The Balaban J connectivity index is 2.80. The molecule has 0 bridgehead atoms. The minimum Gasteiger partial charge on any atom is -0.324 e. The maximum Gasteiger partial charge on any atom is 0.132 e. The molecule has 68 valence electrons. The summed E-state index contributed by atoms with van der Waals surface area (Å²) in [6.07, 6.45) is 3.73. The van der Waals surface area contributed by atoms with Gasteiger partial charge in [0.15, 0.2) is 0 Å². The van der Waals surface area contributed by atoms with Gasteiger partial charge in [0.1, 0.15) is 10.9 Å². The van der Waals surface area contributed by atoms with Crippen LogP contribution in [0.15, 0.2) is 29.3 Å². The number of nitrogens with two attached hydrogens (primary N) is 1. The first-order valence-corrected chi connectivity index (χ1v) is 4.86. The number of hydrogen-bond donors (Lipinski definition) is 1. The monoisotopic (exact) mass is 239 g/mol. The molecule has 2 aromatic rings. The van der Waals surface area contributed by atoms with E-state index in [4.69, 9.17) is 5.73 Å². The summed E-state index contributed by atoms with van der Waals surface area (Å²) < 4.78 is 2.81. The highest BCUT2D eigenvalue weighted by atomic mass is 79.9. The minimum atomic E-state index is 0.0247. The van der Waals surface area contributed by atoms with Crippen molar-refractivity contribution in [2.24, 2.45) is 5.73 Å². The highest BCUT2D eigenvalue weighted by molar-refractivity contribution is 9.10. The van der Waals surface area contributed by atoms with Crippen molar-refractivity contribution >= 4 is 21.4 Å². The Morgan fingerprint density at radius 3 is 3.08 bits per heavy atom. The second-order valence-corrected chi connectivity index (χ2v) is 3.79. The minimum absolute atomic E-state index is 0.0247. The lowest BCUT2D eigenvalue weighted by Crippen LogP contribution is -2.06. The first-order chi connectivity index (χ1) is 6.20. The number of hydrogen-bond acceptors (Lipinski definition) is 2. The highest BCUT2D eigenvalue weighted by Crippen LogP contribution is 2.23. The molecule has 0 radical (unpaired) electrons. The van der Waals surface area contributed by atoms with Gasteiger partial charge in [-0.2, -0.15) is 0 Å². The van der Waals surface area contributed by atoms with Gasteiger partial charge in [-0.05, 0) is 34.5 Å². The van der Waals surface area contributed by atoms with Gasteiger partial charge < -0.3 is 10.1 Å². The predicted octanol–water partition coefficient (Wildman–Crippen LogP) is 2.12. The van der Waals surface area contributed by atoms with Crippen LogP contribution in [0.5, 0.6) is 0 Å². The number of pyridine rings is 1. The van der Waals surface area contributed by atoms with E-state index in [-0.39, 0.29) is 6.04 Å². The number of rotatable bonds is 1. The molecule has 0 aliphatic heterocycles. The van der Waals surface area contributed by atoms with E-state index >= 15 is 0 Å². The van der Waals surface area contributed by atoms with Gasteiger partial charge in [-0.25, -0.2) is 4.98 Å². The lowest BCUT2D eigenvalue weighted by molar-refractivity contribution is 0.819. The molecule has 0 fully saturated rings. The van der Waals surface area contributed by atoms with Crippen molar-refractivity contribution in [1.82, 2.24) is 9.38 Å². The third-order valence-electron chi connectivity index (χ3n) is 2.04. The van der Waals surface area contributed by atoms with E-state index in [1.807, 2.05) is 29.7 Å². The van der Waals surface area contributed by atoms with Gasteiger partial charge in [-0.3, -0.25) is 0 Å². The molecule has 0 amide bonds. The summed E-state index contributed by atoms with van der Waals surface area (Å²) in [7, 11) is 0. The van der Waals surface area contributed by atoms with Crippen molar-refractivity contribution < 1.29 is 0 Å². The Hall–Kier alpha value is -0.870. The zero-order chi connectivity index (χ0) is 9.42. The van der Waals surface area contributed by atoms with Crippen molar-refractivity contribution in [1.29, 1.82) is 0 Å². The topological polar surface area (TPSA) is 43.3 Å². The Morgan fingerprint density at radius 1 is 1.62 bits per heavy atom. The van der Waals surface area contributed by atoms with Crippen LogP contribution in [-0.2, 0) is 0 Å².